The normalized spacial score (nSPS) is 14.6. The van der Waals surface area contributed by atoms with Gasteiger partial charge >= 0.3 is 0 Å². The zero-order valence-corrected chi connectivity index (χ0v) is 9.03. The second kappa shape index (κ2) is 3.14. The minimum absolute atomic E-state index is 0.782. The summed E-state index contributed by atoms with van der Waals surface area (Å²) in [6.07, 6.45) is 1.13. The summed E-state index contributed by atoms with van der Waals surface area (Å²) in [5.74, 6) is 1.16. The number of hydrogen-bond acceptors (Lipinski definition) is 2. The van der Waals surface area contributed by atoms with Crippen LogP contribution in [0.15, 0.2) is 29.3 Å². The third-order valence-electron chi connectivity index (χ3n) is 2.43. The lowest BCUT2D eigenvalue weighted by Crippen LogP contribution is -1.86. The largest absolute Gasteiger partial charge is 0.241 e. The molecule has 3 rings (SSSR count). The molecule has 0 fully saturated rings. The molecule has 2 heterocycles. The van der Waals surface area contributed by atoms with Gasteiger partial charge in [-0.2, -0.15) is 0 Å². The van der Waals surface area contributed by atoms with Crippen LogP contribution in [0.4, 0.5) is 0 Å². The van der Waals surface area contributed by atoms with E-state index in [2.05, 4.69) is 11.1 Å². The van der Waals surface area contributed by atoms with E-state index in [4.69, 9.17) is 11.6 Å². The first-order valence-corrected chi connectivity index (χ1v) is 5.91. The highest BCUT2D eigenvalue weighted by Gasteiger charge is 2.13. The molecule has 0 amide bonds. The van der Waals surface area contributed by atoms with Crippen molar-refractivity contribution < 1.29 is 0 Å². The lowest BCUT2D eigenvalue weighted by Gasteiger charge is -2.01. The molecule has 1 nitrogen and oxygen atoms in total. The third kappa shape index (κ3) is 1.30. The predicted octanol–water partition coefficient (Wildman–Crippen LogP) is 3.54. The van der Waals surface area contributed by atoms with Crippen molar-refractivity contribution >= 4 is 34.3 Å². The Labute approximate surface area is 91.5 Å². The summed E-state index contributed by atoms with van der Waals surface area (Å²) in [4.78, 5) is 4.60. The van der Waals surface area contributed by atoms with Gasteiger partial charge in [-0.1, -0.05) is 11.6 Å². The van der Waals surface area contributed by atoms with Gasteiger partial charge in [0.1, 0.15) is 0 Å². The average Bonchev–Trinajstić information content (AvgIpc) is 2.61. The molecule has 0 radical (unpaired) electrons. The molecule has 14 heavy (non-hydrogen) atoms. The van der Waals surface area contributed by atoms with E-state index in [9.17, 15) is 0 Å². The molecule has 0 bridgehead atoms. The van der Waals surface area contributed by atoms with E-state index in [1.807, 2.05) is 30.0 Å². The average molecular weight is 222 g/mol. The van der Waals surface area contributed by atoms with Gasteiger partial charge in [0.15, 0.2) is 0 Å². The summed E-state index contributed by atoms with van der Waals surface area (Å²) in [5, 5.41) is 3.13. The molecule has 0 unspecified atom stereocenters. The summed E-state index contributed by atoms with van der Waals surface area (Å²) in [5.41, 5.74) is 2.41. The van der Waals surface area contributed by atoms with Gasteiger partial charge in [0, 0.05) is 16.2 Å². The molecule has 1 aromatic heterocycles. The van der Waals surface area contributed by atoms with Gasteiger partial charge in [-0.05, 0) is 36.2 Å². The predicted molar refractivity (Wildman–Crippen MR) is 61.2 cm³/mol. The highest BCUT2D eigenvalue weighted by Crippen LogP contribution is 2.32. The Morgan fingerprint density at radius 2 is 2.21 bits per heavy atom. The summed E-state index contributed by atoms with van der Waals surface area (Å²) >= 11 is 7.78. The van der Waals surface area contributed by atoms with Gasteiger partial charge in [-0.25, -0.2) is 4.98 Å². The fourth-order valence-electron chi connectivity index (χ4n) is 1.74. The van der Waals surface area contributed by atoms with E-state index in [-0.39, 0.29) is 0 Å². The topological polar surface area (TPSA) is 12.9 Å². The van der Waals surface area contributed by atoms with Crippen LogP contribution in [-0.2, 0) is 6.42 Å². The number of thioether (sulfide) groups is 1. The van der Waals surface area contributed by atoms with Crippen molar-refractivity contribution in [1.82, 2.24) is 4.98 Å². The Bertz CT molecular complexity index is 510. The maximum absolute atomic E-state index is 5.94. The monoisotopic (exact) mass is 221 g/mol. The van der Waals surface area contributed by atoms with E-state index >= 15 is 0 Å². The van der Waals surface area contributed by atoms with E-state index in [0.29, 0.717) is 0 Å². The number of aryl methyl sites for hydroxylation is 1. The molecule has 0 saturated carbocycles. The number of hydrogen-bond donors (Lipinski definition) is 0. The maximum Gasteiger partial charge on any atom is 0.1000 e. The number of nitrogens with zero attached hydrogens (tertiary/aromatic N) is 1. The first-order chi connectivity index (χ1) is 6.83. The van der Waals surface area contributed by atoms with Crippen LogP contribution in [0.5, 0.6) is 0 Å². The molecule has 1 aliphatic rings. The lowest BCUT2D eigenvalue weighted by molar-refractivity contribution is 1.08. The second-order valence-corrected chi connectivity index (χ2v) is 4.91. The first kappa shape index (κ1) is 8.57. The smallest absolute Gasteiger partial charge is 0.1000 e. The van der Waals surface area contributed by atoms with Crippen LogP contribution in [0.25, 0.3) is 10.9 Å². The molecule has 1 aliphatic heterocycles. The van der Waals surface area contributed by atoms with Crippen molar-refractivity contribution in [2.24, 2.45) is 0 Å². The Hall–Kier alpha value is -0.730. The quantitative estimate of drug-likeness (QED) is 0.675. The second-order valence-electron chi connectivity index (χ2n) is 3.39. The minimum Gasteiger partial charge on any atom is -0.241 e. The summed E-state index contributed by atoms with van der Waals surface area (Å²) in [7, 11) is 0. The summed E-state index contributed by atoms with van der Waals surface area (Å²) in [6, 6.07) is 8.07. The van der Waals surface area contributed by atoms with Crippen LogP contribution in [-0.4, -0.2) is 10.7 Å². The fourth-order valence-corrected chi connectivity index (χ4v) is 2.94. The number of benzene rings is 1. The molecule has 0 saturated heterocycles. The van der Waals surface area contributed by atoms with Crippen molar-refractivity contribution in [3.05, 3.63) is 34.9 Å². The molecule has 0 atom stereocenters. The van der Waals surface area contributed by atoms with Crippen LogP contribution >= 0.6 is 23.4 Å². The lowest BCUT2D eigenvalue weighted by atomic mass is 10.1. The van der Waals surface area contributed by atoms with Crippen LogP contribution in [0.3, 0.4) is 0 Å². The first-order valence-electron chi connectivity index (χ1n) is 4.55. The van der Waals surface area contributed by atoms with Crippen molar-refractivity contribution in [3.63, 3.8) is 0 Å². The molecule has 1 aromatic carbocycles. The van der Waals surface area contributed by atoms with Gasteiger partial charge in [0.25, 0.3) is 0 Å². The molecule has 0 N–H and O–H groups in total. The molecule has 2 aromatic rings. The minimum atomic E-state index is 0.782. The zero-order chi connectivity index (χ0) is 9.54. The Balaban J connectivity index is 2.33. The summed E-state index contributed by atoms with van der Waals surface area (Å²) < 4.78 is 0. The van der Waals surface area contributed by atoms with Crippen LogP contribution < -0.4 is 0 Å². The summed E-state index contributed by atoms with van der Waals surface area (Å²) in [6.45, 7) is 0. The molecule has 0 aliphatic carbocycles. The van der Waals surface area contributed by atoms with Crippen molar-refractivity contribution in [3.8, 4) is 0 Å². The molecular weight excluding hydrogens is 214 g/mol. The van der Waals surface area contributed by atoms with E-state index in [1.54, 1.807) is 0 Å². The number of halogens is 1. The van der Waals surface area contributed by atoms with Gasteiger partial charge in [0.05, 0.1) is 10.5 Å². The standard InChI is InChI=1S/C11H8ClNS/c12-9-1-2-10-8(6-9)5-7-3-4-14-11(7)13-10/h1-2,5-6H,3-4H2. The third-order valence-corrected chi connectivity index (χ3v) is 3.70. The highest BCUT2D eigenvalue weighted by atomic mass is 35.5. The molecule has 3 heteroatoms. The fraction of sp³-hybridized carbons (Fsp3) is 0.182. The Morgan fingerprint density at radius 3 is 3.14 bits per heavy atom. The molecule has 0 spiro atoms. The Kier molecular flexibility index (Phi) is 1.92. The van der Waals surface area contributed by atoms with Gasteiger partial charge in [-0.15, -0.1) is 11.8 Å². The van der Waals surface area contributed by atoms with E-state index in [1.165, 1.54) is 10.6 Å². The maximum atomic E-state index is 5.94. The SMILES string of the molecule is Clc1ccc2nc3c(cc2c1)CCS3. The molecule has 70 valence electrons. The van der Waals surface area contributed by atoms with Gasteiger partial charge < -0.3 is 0 Å². The Morgan fingerprint density at radius 1 is 1.29 bits per heavy atom. The van der Waals surface area contributed by atoms with Crippen LogP contribution in [0, 0.1) is 0 Å². The number of pyridine rings is 1. The van der Waals surface area contributed by atoms with E-state index in [0.717, 1.165) is 28.1 Å². The van der Waals surface area contributed by atoms with Crippen LogP contribution in [0.1, 0.15) is 5.56 Å². The van der Waals surface area contributed by atoms with Crippen LogP contribution in [0.2, 0.25) is 5.02 Å². The number of fused-ring (bicyclic) bond motifs is 2. The highest BCUT2D eigenvalue weighted by molar-refractivity contribution is 7.99. The van der Waals surface area contributed by atoms with Crippen molar-refractivity contribution in [1.29, 1.82) is 0 Å². The van der Waals surface area contributed by atoms with Gasteiger partial charge in [0.2, 0.25) is 0 Å². The van der Waals surface area contributed by atoms with Crippen molar-refractivity contribution in [2.75, 3.05) is 5.75 Å². The van der Waals surface area contributed by atoms with Gasteiger partial charge in [-0.3, -0.25) is 0 Å². The van der Waals surface area contributed by atoms with E-state index < -0.39 is 0 Å². The zero-order valence-electron chi connectivity index (χ0n) is 7.46. The molecular formula is C11H8ClNS. The number of aromatic nitrogens is 1. The van der Waals surface area contributed by atoms with Crippen molar-refractivity contribution in [2.45, 2.75) is 11.4 Å². The number of rotatable bonds is 0.